The van der Waals surface area contributed by atoms with Gasteiger partial charge >= 0.3 is 33.6 Å². The standard InChI is InChI=1S/C73H120O16P2/c1-4-7-10-13-16-19-22-25-27-29-30-31-32-33-34-35-36-38-40-42-44-47-50-53-56-59-71(76)83-62-68(74)63-85-90(79,80)86-64-69(75)65-87-91(81,82)88-67-70(89-73(78)61-58-55-52-49-46-41-24-21-18-15-12-9-6-3)66-84-72(77)60-57-54-51-48-45-43-39-37-28-26-23-20-17-14-11-8-5-2/h7-8,10-12,15-17,19-21,24-28,30-31,33-34,36,38-39,43,68-70,74-75H,4-6,9,13-14,18,22-23,29,32,35,37,40-42,44-67H2,1-3H3,(H,79,80)(H,81,82)/b10-7-,11-8-,15-12-,19-16-,20-17-,24-21-,27-25-,28-26-,31-30-,34-33-,38-36-,43-39-. The lowest BCUT2D eigenvalue weighted by Gasteiger charge is -2.21. The van der Waals surface area contributed by atoms with Crippen LogP contribution in [0.15, 0.2) is 146 Å². The van der Waals surface area contributed by atoms with Crippen LogP contribution < -0.4 is 0 Å². The molecule has 0 rings (SSSR count). The molecule has 0 spiro atoms. The fourth-order valence-electron chi connectivity index (χ4n) is 8.37. The molecule has 5 atom stereocenters. The maximum Gasteiger partial charge on any atom is 0.472 e. The van der Waals surface area contributed by atoms with E-state index in [4.69, 9.17) is 32.3 Å². The predicted molar refractivity (Wildman–Crippen MR) is 371 cm³/mol. The number of allylic oxidation sites excluding steroid dienone is 24. The van der Waals surface area contributed by atoms with Gasteiger partial charge in [-0.1, -0.05) is 231 Å². The minimum Gasteiger partial charge on any atom is -0.463 e. The van der Waals surface area contributed by atoms with E-state index in [0.29, 0.717) is 19.3 Å². The van der Waals surface area contributed by atoms with Gasteiger partial charge in [-0.05, 0) is 135 Å². The highest BCUT2D eigenvalue weighted by Gasteiger charge is 2.29. The Morgan fingerprint density at radius 3 is 0.923 bits per heavy atom. The summed E-state index contributed by atoms with van der Waals surface area (Å²) in [6, 6.07) is 0. The SMILES string of the molecule is CC/C=C\C/C=C\C/C=C\C/C=C\C/C=C\C/C=C\CCCCCCCCC(=O)OCC(O)COP(=O)(O)OCC(O)COP(=O)(O)OCC(COC(=O)CCCCCC/C=C\C/C=C\C/C=C\C/C=C\CC)OC(=O)CCCCCCC/C=C\C/C=C\CCC. The van der Waals surface area contributed by atoms with Crippen molar-refractivity contribution in [3.05, 3.63) is 146 Å². The minimum absolute atomic E-state index is 0.0778. The molecule has 0 aromatic rings. The highest BCUT2D eigenvalue weighted by atomic mass is 31.2. The number of carbonyl (C=O) groups excluding carboxylic acids is 3. The van der Waals surface area contributed by atoms with Crippen molar-refractivity contribution < 1.29 is 75.8 Å². The van der Waals surface area contributed by atoms with E-state index in [-0.39, 0.29) is 19.3 Å². The van der Waals surface area contributed by atoms with Crippen LogP contribution in [0.3, 0.4) is 0 Å². The number of phosphoric ester groups is 2. The van der Waals surface area contributed by atoms with E-state index in [1.807, 2.05) is 0 Å². The Balaban J connectivity index is 4.62. The van der Waals surface area contributed by atoms with Gasteiger partial charge in [-0.25, -0.2) is 9.13 Å². The Kier molecular flexibility index (Phi) is 62.2. The largest absolute Gasteiger partial charge is 0.472 e. The molecule has 0 amide bonds. The summed E-state index contributed by atoms with van der Waals surface area (Å²) in [6.45, 7) is 2.28. The van der Waals surface area contributed by atoms with Crippen LogP contribution in [0, 0.1) is 0 Å². The molecule has 0 aliphatic rings. The maximum absolute atomic E-state index is 12.9. The summed E-state index contributed by atoms with van der Waals surface area (Å²) >= 11 is 0. The third kappa shape index (κ3) is 66.7. The van der Waals surface area contributed by atoms with E-state index in [2.05, 4.69) is 167 Å². The first-order valence-electron chi connectivity index (χ1n) is 34.1. The summed E-state index contributed by atoms with van der Waals surface area (Å²) in [4.78, 5) is 58.3. The van der Waals surface area contributed by atoms with E-state index in [9.17, 15) is 43.5 Å². The number of aliphatic hydroxyl groups is 2. The molecule has 0 saturated carbocycles. The maximum atomic E-state index is 12.9. The van der Waals surface area contributed by atoms with Crippen LogP contribution in [0.1, 0.15) is 239 Å². The van der Waals surface area contributed by atoms with Crippen molar-refractivity contribution in [2.75, 3.05) is 39.6 Å². The van der Waals surface area contributed by atoms with E-state index in [1.54, 1.807) is 0 Å². The zero-order chi connectivity index (χ0) is 66.7. The number of rotatable bonds is 63. The van der Waals surface area contributed by atoms with Crippen LogP contribution in [-0.2, 0) is 55.8 Å². The highest BCUT2D eigenvalue weighted by Crippen LogP contribution is 2.45. The number of unbranched alkanes of at least 4 members (excludes halogenated alkanes) is 16. The number of hydrogen-bond acceptors (Lipinski definition) is 14. The van der Waals surface area contributed by atoms with Crippen molar-refractivity contribution in [3.8, 4) is 0 Å². The van der Waals surface area contributed by atoms with Gasteiger partial charge < -0.3 is 34.2 Å². The highest BCUT2D eigenvalue weighted by molar-refractivity contribution is 7.47. The van der Waals surface area contributed by atoms with Crippen molar-refractivity contribution >= 4 is 33.6 Å². The Bertz CT molecular complexity index is 2240. The summed E-state index contributed by atoms with van der Waals surface area (Å²) in [5, 5.41) is 20.5. The number of ether oxygens (including phenoxy) is 3. The zero-order valence-corrected chi connectivity index (χ0v) is 57.7. The summed E-state index contributed by atoms with van der Waals surface area (Å²) in [7, 11) is -9.80. The van der Waals surface area contributed by atoms with E-state index < -0.39 is 91.5 Å². The van der Waals surface area contributed by atoms with Crippen molar-refractivity contribution in [1.82, 2.24) is 0 Å². The van der Waals surface area contributed by atoms with Crippen LogP contribution in [0.25, 0.3) is 0 Å². The van der Waals surface area contributed by atoms with Gasteiger partial charge in [0.15, 0.2) is 6.10 Å². The molecule has 518 valence electrons. The van der Waals surface area contributed by atoms with E-state index in [1.165, 1.54) is 0 Å². The van der Waals surface area contributed by atoms with Gasteiger partial charge in [0.2, 0.25) is 0 Å². The molecule has 0 fully saturated rings. The number of aliphatic hydroxyl groups excluding tert-OH is 2. The summed E-state index contributed by atoms with van der Waals surface area (Å²) < 4.78 is 60.8. The van der Waals surface area contributed by atoms with Gasteiger partial charge in [0.1, 0.15) is 25.4 Å². The first-order chi connectivity index (χ1) is 44.2. The molecule has 0 saturated heterocycles. The van der Waals surface area contributed by atoms with Gasteiger partial charge in [-0.3, -0.25) is 32.5 Å². The number of hydrogen-bond donors (Lipinski definition) is 4. The smallest absolute Gasteiger partial charge is 0.463 e. The van der Waals surface area contributed by atoms with Gasteiger partial charge in [0, 0.05) is 19.3 Å². The lowest BCUT2D eigenvalue weighted by atomic mass is 10.1. The third-order valence-corrected chi connectivity index (χ3v) is 15.4. The summed E-state index contributed by atoms with van der Waals surface area (Å²) in [5.41, 5.74) is 0. The monoisotopic (exact) mass is 1310 g/mol. The summed E-state index contributed by atoms with van der Waals surface area (Å²) in [6.07, 6.45) is 77.6. The Morgan fingerprint density at radius 1 is 0.319 bits per heavy atom. The molecule has 16 nitrogen and oxygen atoms in total. The second-order valence-corrected chi connectivity index (χ2v) is 25.1. The topological polar surface area (TPSA) is 231 Å². The van der Waals surface area contributed by atoms with Crippen LogP contribution in [0.4, 0.5) is 0 Å². The molecule has 0 aliphatic heterocycles. The van der Waals surface area contributed by atoms with Crippen molar-refractivity contribution in [2.24, 2.45) is 0 Å². The number of phosphoric acid groups is 2. The first-order valence-corrected chi connectivity index (χ1v) is 37.1. The molecule has 0 bridgehead atoms. The van der Waals surface area contributed by atoms with E-state index >= 15 is 0 Å². The fourth-order valence-corrected chi connectivity index (χ4v) is 9.95. The molecule has 0 aromatic heterocycles. The lowest BCUT2D eigenvalue weighted by Crippen LogP contribution is -2.30. The lowest BCUT2D eigenvalue weighted by molar-refractivity contribution is -0.161. The van der Waals surface area contributed by atoms with Gasteiger partial charge in [0.25, 0.3) is 0 Å². The quantitative estimate of drug-likeness (QED) is 0.0146. The Labute approximate surface area is 549 Å². The molecule has 5 unspecified atom stereocenters. The molecular formula is C73H120O16P2. The van der Waals surface area contributed by atoms with Gasteiger partial charge in [0.05, 0.1) is 26.4 Å². The molecule has 0 heterocycles. The van der Waals surface area contributed by atoms with Gasteiger partial charge in [-0.2, -0.15) is 0 Å². The Morgan fingerprint density at radius 2 is 0.582 bits per heavy atom. The average molecular weight is 1320 g/mol. The van der Waals surface area contributed by atoms with E-state index in [0.717, 1.165) is 180 Å². The minimum atomic E-state index is -4.94. The molecule has 0 aromatic carbocycles. The molecule has 0 aliphatic carbocycles. The predicted octanol–water partition coefficient (Wildman–Crippen LogP) is 19.0. The van der Waals surface area contributed by atoms with Crippen LogP contribution >= 0.6 is 15.6 Å². The van der Waals surface area contributed by atoms with Crippen LogP contribution in [0.5, 0.6) is 0 Å². The zero-order valence-electron chi connectivity index (χ0n) is 56.0. The second-order valence-electron chi connectivity index (χ2n) is 22.2. The molecule has 4 N–H and O–H groups in total. The molecule has 91 heavy (non-hydrogen) atoms. The normalized spacial score (nSPS) is 15.1. The van der Waals surface area contributed by atoms with Crippen molar-refractivity contribution in [1.29, 1.82) is 0 Å². The fraction of sp³-hybridized carbons (Fsp3) is 0.630. The summed E-state index contributed by atoms with van der Waals surface area (Å²) in [5.74, 6) is -1.64. The van der Waals surface area contributed by atoms with Crippen LogP contribution in [0.2, 0.25) is 0 Å². The first kappa shape index (κ1) is 86.4. The van der Waals surface area contributed by atoms with Crippen molar-refractivity contribution in [2.45, 2.75) is 257 Å². The Hall–Kier alpha value is -4.57. The van der Waals surface area contributed by atoms with Crippen molar-refractivity contribution in [3.63, 3.8) is 0 Å². The number of carbonyl (C=O) groups is 3. The number of esters is 3. The van der Waals surface area contributed by atoms with Gasteiger partial charge in [-0.15, -0.1) is 0 Å². The molecule has 0 radical (unpaired) electrons. The third-order valence-electron chi connectivity index (χ3n) is 13.5. The molecular weight excluding hydrogens is 1190 g/mol. The second kappa shape index (κ2) is 65.5. The van der Waals surface area contributed by atoms with Crippen LogP contribution in [-0.4, -0.2) is 95.9 Å². The molecule has 18 heteroatoms. The average Bonchev–Trinajstić information content (AvgIpc) is 3.75.